The summed E-state index contributed by atoms with van der Waals surface area (Å²) in [6, 6.07) is 0. The first-order chi connectivity index (χ1) is 9.27. The van der Waals surface area contributed by atoms with Crippen LogP contribution in [0.4, 0.5) is 26.3 Å². The van der Waals surface area contributed by atoms with Crippen molar-refractivity contribution in [2.24, 2.45) is 5.73 Å². The Morgan fingerprint density at radius 2 is 1.76 bits per heavy atom. The molecule has 1 rings (SSSR count). The quantitative estimate of drug-likeness (QED) is 0.662. The van der Waals surface area contributed by atoms with Crippen molar-refractivity contribution >= 4 is 19.7 Å². The van der Waals surface area contributed by atoms with E-state index in [1.165, 1.54) is 0 Å². The smallest absolute Gasteiger partial charge is 0.404 e. The maximum Gasteiger partial charge on any atom is 0.573 e. The lowest BCUT2D eigenvalue weighted by Crippen LogP contribution is -2.22. The van der Waals surface area contributed by atoms with Crippen LogP contribution in [0, 0.1) is 0 Å². The van der Waals surface area contributed by atoms with Crippen LogP contribution < -0.4 is 10.5 Å². The van der Waals surface area contributed by atoms with Gasteiger partial charge in [-0.2, -0.15) is 13.2 Å². The molecule has 0 saturated carbocycles. The van der Waals surface area contributed by atoms with Crippen molar-refractivity contribution < 1.29 is 39.5 Å². The highest BCUT2D eigenvalue weighted by Crippen LogP contribution is 2.39. The summed E-state index contributed by atoms with van der Waals surface area (Å²) >= 11 is 0. The first kappa shape index (κ1) is 17.8. The Bertz CT molecular complexity index is 643. The molecular weight excluding hydrogens is 354 g/mol. The predicted molar refractivity (Wildman–Crippen MR) is 56.9 cm³/mol. The Hall–Kier alpha value is -1.27. The molecule has 1 aromatic rings. The molecule has 0 atom stereocenters. The summed E-state index contributed by atoms with van der Waals surface area (Å²) in [6.07, 6.45) is -10.5. The van der Waals surface area contributed by atoms with Gasteiger partial charge in [-0.15, -0.1) is 13.2 Å². The van der Waals surface area contributed by atoms with Crippen LogP contribution in [-0.4, -0.2) is 19.8 Å². The van der Waals surface area contributed by atoms with Gasteiger partial charge >= 0.3 is 12.5 Å². The molecule has 0 saturated heterocycles. The summed E-state index contributed by atoms with van der Waals surface area (Å²) in [4.78, 5) is 0.974. The van der Waals surface area contributed by atoms with E-state index in [0.29, 0.717) is 0 Å². The van der Waals surface area contributed by atoms with Crippen LogP contribution in [0.1, 0.15) is 11.3 Å². The third-order valence-corrected chi connectivity index (χ3v) is 3.43. The molecule has 5 nitrogen and oxygen atoms in total. The van der Waals surface area contributed by atoms with E-state index in [1.54, 1.807) is 0 Å². The fourth-order valence-corrected chi connectivity index (χ4v) is 2.76. The van der Waals surface area contributed by atoms with Gasteiger partial charge in [-0.25, -0.2) is 13.4 Å². The molecule has 0 aliphatic carbocycles. The number of alkyl halides is 6. The van der Waals surface area contributed by atoms with E-state index in [0.717, 1.165) is 0 Å². The number of hydrogen-bond donors (Lipinski definition) is 1. The zero-order chi connectivity index (χ0) is 16.6. The van der Waals surface area contributed by atoms with Crippen molar-refractivity contribution in [3.05, 3.63) is 17.5 Å². The largest absolute Gasteiger partial charge is 0.573 e. The van der Waals surface area contributed by atoms with Crippen LogP contribution in [0.25, 0.3) is 0 Å². The van der Waals surface area contributed by atoms with Crippen molar-refractivity contribution in [3.63, 3.8) is 0 Å². The van der Waals surface area contributed by atoms with Crippen molar-refractivity contribution in [1.29, 1.82) is 0 Å². The van der Waals surface area contributed by atoms with Gasteiger partial charge in [0.25, 0.3) is 9.05 Å². The highest BCUT2D eigenvalue weighted by atomic mass is 35.7. The molecule has 2 N–H and O–H groups in total. The van der Waals surface area contributed by atoms with Gasteiger partial charge in [0.05, 0.1) is 6.20 Å². The number of halogens is 7. The minimum Gasteiger partial charge on any atom is -0.404 e. The van der Waals surface area contributed by atoms with Gasteiger partial charge in [0, 0.05) is 22.8 Å². The Balaban J connectivity index is 3.71. The minimum absolute atomic E-state index is 0.0735. The van der Waals surface area contributed by atoms with E-state index in [1.807, 2.05) is 0 Å². The minimum atomic E-state index is -5.28. The van der Waals surface area contributed by atoms with Gasteiger partial charge in [0.2, 0.25) is 0 Å². The maximum absolute atomic E-state index is 12.7. The molecule has 1 heterocycles. The van der Waals surface area contributed by atoms with Crippen LogP contribution in [0.2, 0.25) is 0 Å². The Labute approximate surface area is 118 Å². The third-order valence-electron chi connectivity index (χ3n) is 2.04. The summed E-state index contributed by atoms with van der Waals surface area (Å²) in [5.74, 6) is -1.28. The lowest BCUT2D eigenvalue weighted by Gasteiger charge is -2.17. The fraction of sp³-hybridized carbons (Fsp3) is 0.375. The number of hydrogen-bond acceptors (Lipinski definition) is 5. The average molecular weight is 359 g/mol. The highest BCUT2D eigenvalue weighted by molar-refractivity contribution is 8.13. The SMILES string of the molecule is NCc1c(OC(F)(F)F)cnc(C(F)(F)F)c1S(=O)(=O)Cl. The number of aromatic nitrogens is 1. The Morgan fingerprint density at radius 1 is 1.24 bits per heavy atom. The van der Waals surface area contributed by atoms with Gasteiger partial charge in [-0.05, 0) is 0 Å². The van der Waals surface area contributed by atoms with E-state index in [-0.39, 0.29) is 6.20 Å². The van der Waals surface area contributed by atoms with E-state index in [4.69, 9.17) is 16.4 Å². The lowest BCUT2D eigenvalue weighted by molar-refractivity contribution is -0.275. The van der Waals surface area contributed by atoms with E-state index in [2.05, 4.69) is 9.72 Å². The molecule has 0 amide bonds. The van der Waals surface area contributed by atoms with Crippen LogP contribution in [0.5, 0.6) is 5.75 Å². The fourth-order valence-electron chi connectivity index (χ4n) is 1.39. The molecule has 0 aliphatic heterocycles. The summed E-state index contributed by atoms with van der Waals surface area (Å²) < 4.78 is 100. The monoisotopic (exact) mass is 358 g/mol. The highest BCUT2D eigenvalue weighted by Gasteiger charge is 2.42. The zero-order valence-electron chi connectivity index (χ0n) is 9.59. The van der Waals surface area contributed by atoms with Crippen LogP contribution in [0.3, 0.4) is 0 Å². The lowest BCUT2D eigenvalue weighted by atomic mass is 10.2. The molecule has 0 aliphatic rings. The van der Waals surface area contributed by atoms with Gasteiger partial charge in [0.1, 0.15) is 4.90 Å². The molecule has 0 unspecified atom stereocenters. The maximum atomic E-state index is 12.7. The first-order valence-electron chi connectivity index (χ1n) is 4.77. The number of ether oxygens (including phenoxy) is 1. The molecule has 0 spiro atoms. The number of pyridine rings is 1. The van der Waals surface area contributed by atoms with Crippen LogP contribution in [-0.2, 0) is 21.8 Å². The second-order valence-electron chi connectivity index (χ2n) is 3.47. The number of rotatable bonds is 3. The summed E-state index contributed by atoms with van der Waals surface area (Å²) in [7, 11) is -0.238. The Morgan fingerprint density at radius 3 is 2.10 bits per heavy atom. The van der Waals surface area contributed by atoms with Gasteiger partial charge in [-0.3, -0.25) is 0 Å². The average Bonchev–Trinajstić information content (AvgIpc) is 2.23. The van der Waals surface area contributed by atoms with Gasteiger partial charge in [0.15, 0.2) is 11.4 Å². The molecule has 13 heteroatoms. The molecule has 0 radical (unpaired) electrons. The number of nitrogens with two attached hydrogens (primary N) is 1. The third kappa shape index (κ3) is 4.35. The van der Waals surface area contributed by atoms with Crippen LogP contribution >= 0.6 is 10.7 Å². The summed E-state index contributed by atoms with van der Waals surface area (Å²) in [5.41, 5.74) is 1.96. The molecule has 1 aromatic heterocycles. The standard InChI is InChI=1S/C8H5ClF6N2O3S/c9-21(18,19)5-3(1-16)4(20-8(13,14)15)2-17-6(5)7(10,11)12/h2H,1,16H2. The number of nitrogens with zero attached hydrogens (tertiary/aromatic N) is 1. The molecule has 21 heavy (non-hydrogen) atoms. The summed E-state index contributed by atoms with van der Waals surface area (Å²) in [5, 5.41) is 0. The molecule has 0 bridgehead atoms. The molecule has 120 valence electrons. The van der Waals surface area contributed by atoms with Gasteiger partial charge in [-0.1, -0.05) is 0 Å². The van der Waals surface area contributed by atoms with Crippen molar-refractivity contribution in [2.75, 3.05) is 0 Å². The molecular formula is C8H5ClF6N2O3S. The second kappa shape index (κ2) is 5.50. The Kier molecular flexibility index (Phi) is 4.65. The molecule has 0 fully saturated rings. The summed E-state index contributed by atoms with van der Waals surface area (Å²) in [6.45, 7) is -1.00. The van der Waals surface area contributed by atoms with Crippen molar-refractivity contribution in [2.45, 2.75) is 24.0 Å². The van der Waals surface area contributed by atoms with E-state index in [9.17, 15) is 34.8 Å². The van der Waals surface area contributed by atoms with Crippen molar-refractivity contribution in [1.82, 2.24) is 4.98 Å². The predicted octanol–water partition coefficient (Wildman–Crippen LogP) is 2.39. The molecule has 0 aromatic carbocycles. The van der Waals surface area contributed by atoms with E-state index >= 15 is 0 Å². The van der Waals surface area contributed by atoms with Crippen LogP contribution in [0.15, 0.2) is 11.1 Å². The first-order valence-corrected chi connectivity index (χ1v) is 7.08. The van der Waals surface area contributed by atoms with Crippen molar-refractivity contribution in [3.8, 4) is 5.75 Å². The topological polar surface area (TPSA) is 82.3 Å². The zero-order valence-corrected chi connectivity index (χ0v) is 11.2. The van der Waals surface area contributed by atoms with E-state index < -0.39 is 50.0 Å². The van der Waals surface area contributed by atoms with Gasteiger partial charge < -0.3 is 10.5 Å². The second-order valence-corrected chi connectivity index (χ2v) is 5.97. The normalized spacial score (nSPS) is 13.3.